The predicted octanol–water partition coefficient (Wildman–Crippen LogP) is 3.39. The molecule has 5 heteroatoms. The number of carbonyl (C=O) groups excluding carboxylic acids is 2. The van der Waals surface area contributed by atoms with Crippen molar-refractivity contribution in [3.8, 4) is 5.75 Å². The van der Waals surface area contributed by atoms with Crippen molar-refractivity contribution in [2.24, 2.45) is 0 Å². The highest BCUT2D eigenvalue weighted by atomic mass is 16.5. The number of amides is 1. The van der Waals surface area contributed by atoms with Crippen LogP contribution in [0.3, 0.4) is 0 Å². The zero-order valence-corrected chi connectivity index (χ0v) is 16.5. The van der Waals surface area contributed by atoms with Gasteiger partial charge in [0.05, 0.1) is 6.61 Å². The minimum atomic E-state index is 0.0426. The number of piperazine rings is 1. The van der Waals surface area contributed by atoms with E-state index in [1.165, 1.54) is 5.56 Å². The quantitative estimate of drug-likeness (QED) is 0.520. The van der Waals surface area contributed by atoms with E-state index < -0.39 is 0 Å². The van der Waals surface area contributed by atoms with E-state index in [4.69, 9.17) is 4.74 Å². The molecule has 0 spiro atoms. The first-order valence-electron chi connectivity index (χ1n) is 9.89. The number of nitrogens with zero attached hydrogens (tertiary/aromatic N) is 2. The van der Waals surface area contributed by atoms with Gasteiger partial charge in [-0.25, -0.2) is 0 Å². The fraction of sp³-hybridized carbons (Fsp3) is 0.391. The fourth-order valence-corrected chi connectivity index (χ4v) is 3.35. The third-order valence-corrected chi connectivity index (χ3v) is 5.04. The summed E-state index contributed by atoms with van der Waals surface area (Å²) in [6.45, 7) is 6.40. The lowest BCUT2D eigenvalue weighted by molar-refractivity contribution is -0.133. The SMILES string of the molecule is CC(=O)c1ccc(OCCCC(=O)N2CCN(Cc3ccccc3)CC2)cc1. The number of hydrogen-bond donors (Lipinski definition) is 0. The smallest absolute Gasteiger partial charge is 0.222 e. The van der Waals surface area contributed by atoms with Crippen LogP contribution in [0.1, 0.15) is 35.7 Å². The molecule has 5 nitrogen and oxygen atoms in total. The van der Waals surface area contributed by atoms with Gasteiger partial charge >= 0.3 is 0 Å². The largest absolute Gasteiger partial charge is 0.494 e. The number of hydrogen-bond acceptors (Lipinski definition) is 4. The van der Waals surface area contributed by atoms with Crippen LogP contribution in [0.4, 0.5) is 0 Å². The molecule has 1 heterocycles. The molecule has 1 fully saturated rings. The lowest BCUT2D eigenvalue weighted by atomic mass is 10.1. The molecule has 0 radical (unpaired) electrons. The summed E-state index contributed by atoms with van der Waals surface area (Å²) in [5, 5.41) is 0. The van der Waals surface area contributed by atoms with Gasteiger partial charge in [0, 0.05) is 44.7 Å². The lowest BCUT2D eigenvalue weighted by Gasteiger charge is -2.34. The molecule has 3 rings (SSSR count). The molecule has 1 amide bonds. The molecule has 0 aliphatic carbocycles. The van der Waals surface area contributed by atoms with E-state index in [1.54, 1.807) is 31.2 Å². The van der Waals surface area contributed by atoms with Crippen LogP contribution in [0.5, 0.6) is 5.75 Å². The van der Waals surface area contributed by atoms with E-state index in [0.717, 1.165) is 38.5 Å². The third kappa shape index (κ3) is 5.92. The van der Waals surface area contributed by atoms with E-state index in [1.807, 2.05) is 11.0 Å². The Labute approximate surface area is 166 Å². The van der Waals surface area contributed by atoms with Gasteiger partial charge in [0.25, 0.3) is 0 Å². The van der Waals surface area contributed by atoms with E-state index >= 15 is 0 Å². The van der Waals surface area contributed by atoms with Crippen molar-refractivity contribution in [1.29, 1.82) is 0 Å². The Hall–Kier alpha value is -2.66. The zero-order chi connectivity index (χ0) is 19.8. The van der Waals surface area contributed by atoms with Crippen molar-refractivity contribution >= 4 is 11.7 Å². The van der Waals surface area contributed by atoms with E-state index in [2.05, 4.69) is 29.2 Å². The van der Waals surface area contributed by atoms with Gasteiger partial charge in [0.2, 0.25) is 5.91 Å². The summed E-state index contributed by atoms with van der Waals surface area (Å²) < 4.78 is 5.67. The summed E-state index contributed by atoms with van der Waals surface area (Å²) in [6, 6.07) is 17.6. The number of rotatable bonds is 8. The van der Waals surface area contributed by atoms with Crippen molar-refractivity contribution < 1.29 is 14.3 Å². The first kappa shape index (κ1) is 20.1. The Morgan fingerprint density at radius 1 is 0.929 bits per heavy atom. The maximum Gasteiger partial charge on any atom is 0.222 e. The molecule has 0 atom stereocenters. The zero-order valence-electron chi connectivity index (χ0n) is 16.5. The van der Waals surface area contributed by atoms with Crippen LogP contribution in [0.15, 0.2) is 54.6 Å². The summed E-state index contributed by atoms with van der Waals surface area (Å²) >= 11 is 0. The van der Waals surface area contributed by atoms with E-state index in [9.17, 15) is 9.59 Å². The molecule has 0 aromatic heterocycles. The number of ether oxygens (including phenoxy) is 1. The first-order chi connectivity index (χ1) is 13.6. The van der Waals surface area contributed by atoms with Crippen molar-refractivity contribution in [2.45, 2.75) is 26.3 Å². The Bertz CT molecular complexity index is 766. The van der Waals surface area contributed by atoms with Gasteiger partial charge in [-0.1, -0.05) is 30.3 Å². The van der Waals surface area contributed by atoms with Gasteiger partial charge in [-0.3, -0.25) is 14.5 Å². The maximum atomic E-state index is 12.4. The standard InChI is InChI=1S/C23H28N2O3/c1-19(26)21-9-11-22(12-10-21)28-17-5-8-23(27)25-15-13-24(14-16-25)18-20-6-3-2-4-7-20/h2-4,6-7,9-12H,5,8,13-18H2,1H3. The van der Waals surface area contributed by atoms with Crippen LogP contribution >= 0.6 is 0 Å². The highest BCUT2D eigenvalue weighted by Crippen LogP contribution is 2.14. The normalized spacial score (nSPS) is 14.7. The van der Waals surface area contributed by atoms with Crippen LogP contribution in [0, 0.1) is 0 Å². The highest BCUT2D eigenvalue weighted by Gasteiger charge is 2.20. The molecule has 1 saturated heterocycles. The van der Waals surface area contributed by atoms with Crippen molar-refractivity contribution in [1.82, 2.24) is 9.80 Å². The molecular formula is C23H28N2O3. The molecule has 2 aromatic carbocycles. The van der Waals surface area contributed by atoms with Gasteiger partial charge in [0.1, 0.15) is 5.75 Å². The van der Waals surface area contributed by atoms with Gasteiger partial charge in [0.15, 0.2) is 5.78 Å². The van der Waals surface area contributed by atoms with Gasteiger partial charge in [-0.05, 0) is 43.2 Å². The monoisotopic (exact) mass is 380 g/mol. The predicted molar refractivity (Wildman–Crippen MR) is 109 cm³/mol. The summed E-state index contributed by atoms with van der Waals surface area (Å²) in [7, 11) is 0. The van der Waals surface area contributed by atoms with E-state index in [0.29, 0.717) is 25.0 Å². The van der Waals surface area contributed by atoms with Crippen LogP contribution in [-0.4, -0.2) is 54.3 Å². The van der Waals surface area contributed by atoms with Crippen molar-refractivity contribution in [3.63, 3.8) is 0 Å². The van der Waals surface area contributed by atoms with Crippen LogP contribution < -0.4 is 4.74 Å². The molecule has 1 aliphatic heterocycles. The summed E-state index contributed by atoms with van der Waals surface area (Å²) in [5.41, 5.74) is 1.99. The lowest BCUT2D eigenvalue weighted by Crippen LogP contribution is -2.48. The average molecular weight is 380 g/mol. The van der Waals surface area contributed by atoms with E-state index in [-0.39, 0.29) is 11.7 Å². The van der Waals surface area contributed by atoms with Gasteiger partial charge < -0.3 is 9.64 Å². The molecule has 0 N–H and O–H groups in total. The molecule has 148 valence electrons. The molecule has 28 heavy (non-hydrogen) atoms. The highest BCUT2D eigenvalue weighted by molar-refractivity contribution is 5.94. The first-order valence-corrected chi connectivity index (χ1v) is 9.89. The molecule has 0 unspecified atom stereocenters. The van der Waals surface area contributed by atoms with Crippen LogP contribution in [0.2, 0.25) is 0 Å². The molecule has 2 aromatic rings. The Kier molecular flexibility index (Phi) is 7.20. The fourth-order valence-electron chi connectivity index (χ4n) is 3.35. The minimum absolute atomic E-state index is 0.0426. The molecular weight excluding hydrogens is 352 g/mol. The second-order valence-electron chi connectivity index (χ2n) is 7.18. The summed E-state index contributed by atoms with van der Waals surface area (Å²) in [5.74, 6) is 0.975. The maximum absolute atomic E-state index is 12.4. The molecule has 0 saturated carbocycles. The molecule has 0 bridgehead atoms. The van der Waals surface area contributed by atoms with Crippen LogP contribution in [0.25, 0.3) is 0 Å². The minimum Gasteiger partial charge on any atom is -0.494 e. The Balaban J connectivity index is 1.33. The van der Waals surface area contributed by atoms with Gasteiger partial charge in [-0.2, -0.15) is 0 Å². The second-order valence-corrected chi connectivity index (χ2v) is 7.18. The van der Waals surface area contributed by atoms with Crippen molar-refractivity contribution in [3.05, 3.63) is 65.7 Å². The number of carbonyl (C=O) groups is 2. The second kappa shape index (κ2) is 10.0. The van der Waals surface area contributed by atoms with Gasteiger partial charge in [-0.15, -0.1) is 0 Å². The number of ketones is 1. The number of Topliss-reactive ketones (excluding diaryl/α,β-unsaturated/α-hetero) is 1. The summed E-state index contributed by atoms with van der Waals surface area (Å²) in [4.78, 5) is 28.0. The Morgan fingerprint density at radius 2 is 1.61 bits per heavy atom. The number of benzene rings is 2. The third-order valence-electron chi connectivity index (χ3n) is 5.04. The Morgan fingerprint density at radius 3 is 2.25 bits per heavy atom. The van der Waals surface area contributed by atoms with Crippen LogP contribution in [-0.2, 0) is 11.3 Å². The topological polar surface area (TPSA) is 49.9 Å². The average Bonchev–Trinajstić information content (AvgIpc) is 2.72. The molecule has 1 aliphatic rings. The van der Waals surface area contributed by atoms with Crippen molar-refractivity contribution in [2.75, 3.05) is 32.8 Å². The summed E-state index contributed by atoms with van der Waals surface area (Å²) in [6.07, 6.45) is 1.20.